The Labute approximate surface area is 187 Å². The van der Waals surface area contributed by atoms with Gasteiger partial charge in [0.05, 0.1) is 17.0 Å². The third-order valence-electron chi connectivity index (χ3n) is 5.64. The van der Waals surface area contributed by atoms with Crippen LogP contribution in [0.5, 0.6) is 0 Å². The molecule has 10 heteroatoms. The van der Waals surface area contributed by atoms with Crippen molar-refractivity contribution >= 4 is 28.6 Å². The van der Waals surface area contributed by atoms with Crippen molar-refractivity contribution in [2.45, 2.75) is 33.6 Å². The van der Waals surface area contributed by atoms with Crippen molar-refractivity contribution < 1.29 is 13.6 Å². The van der Waals surface area contributed by atoms with Gasteiger partial charge < -0.3 is 10.2 Å². The van der Waals surface area contributed by atoms with E-state index < -0.39 is 17.5 Å². The van der Waals surface area contributed by atoms with Gasteiger partial charge in [0.2, 0.25) is 0 Å². The lowest BCUT2D eigenvalue weighted by Crippen LogP contribution is -2.23. The molecule has 0 unspecified atom stereocenters. The molecule has 4 rings (SSSR count). The molecule has 7 nitrogen and oxygen atoms in total. The molecule has 3 heterocycles. The van der Waals surface area contributed by atoms with Gasteiger partial charge in [-0.25, -0.2) is 18.4 Å². The first-order chi connectivity index (χ1) is 15.2. The number of hydrogen-bond donors (Lipinski definition) is 1. The minimum Gasteiger partial charge on any atom is -0.367 e. The number of thiazole rings is 1. The highest BCUT2D eigenvalue weighted by molar-refractivity contribution is 7.17. The first-order valence-electron chi connectivity index (χ1n) is 10.2. The van der Waals surface area contributed by atoms with Crippen molar-refractivity contribution in [1.82, 2.24) is 14.8 Å². The molecule has 1 amide bonds. The Kier molecular flexibility index (Phi) is 5.81. The van der Waals surface area contributed by atoms with Crippen LogP contribution in [0.2, 0.25) is 0 Å². The van der Waals surface area contributed by atoms with Gasteiger partial charge in [0.25, 0.3) is 11.5 Å². The zero-order valence-corrected chi connectivity index (χ0v) is 19.1. The number of aromatic nitrogens is 3. The number of nitrogens with one attached hydrogen (secondary N) is 1. The van der Waals surface area contributed by atoms with Gasteiger partial charge in [-0.3, -0.25) is 9.59 Å². The fourth-order valence-electron chi connectivity index (χ4n) is 3.88. The Morgan fingerprint density at radius 1 is 1.09 bits per heavy atom. The van der Waals surface area contributed by atoms with Crippen LogP contribution in [0.15, 0.2) is 16.9 Å². The number of hydrogen-bond acceptors (Lipinski definition) is 6. The standard InChI is InChI=1S/C22H23F2N5O2S/c1-11-12(2)27-28(4)22(31)17(11)21-25-13(3)19(32-21)20(30)26-14-9-15(23)18(16(24)10-14)29-7-5-6-8-29/h9-10H,5-8H2,1-4H3,(H,26,30). The van der Waals surface area contributed by atoms with Crippen LogP contribution in [0, 0.1) is 32.4 Å². The SMILES string of the molecule is Cc1nc(-c2c(C)c(C)nn(C)c2=O)sc1C(=O)Nc1cc(F)c(N2CCCC2)c(F)c1. The summed E-state index contributed by atoms with van der Waals surface area (Å²) < 4.78 is 30.4. The monoisotopic (exact) mass is 459 g/mol. The zero-order valence-electron chi connectivity index (χ0n) is 18.3. The summed E-state index contributed by atoms with van der Waals surface area (Å²) in [4.78, 5) is 31.8. The molecule has 1 aliphatic rings. The summed E-state index contributed by atoms with van der Waals surface area (Å²) in [7, 11) is 1.56. The summed E-state index contributed by atoms with van der Waals surface area (Å²) in [5.41, 5.74) is 1.84. The Morgan fingerprint density at radius 2 is 1.72 bits per heavy atom. The molecule has 0 bridgehead atoms. The molecule has 3 aromatic rings. The first-order valence-corrected chi connectivity index (χ1v) is 11.1. The maximum absolute atomic E-state index is 14.6. The van der Waals surface area contributed by atoms with Crippen molar-refractivity contribution in [3.05, 3.63) is 55.9 Å². The lowest BCUT2D eigenvalue weighted by atomic mass is 10.1. The number of anilines is 2. The molecule has 0 spiro atoms. The van der Waals surface area contributed by atoms with E-state index in [1.165, 1.54) is 4.68 Å². The molecule has 2 aromatic heterocycles. The fraction of sp³-hybridized carbons (Fsp3) is 0.364. The number of amides is 1. The van der Waals surface area contributed by atoms with Gasteiger partial charge in [-0.15, -0.1) is 11.3 Å². The van der Waals surface area contributed by atoms with Gasteiger partial charge in [0.1, 0.15) is 15.6 Å². The average Bonchev–Trinajstić information content (AvgIpc) is 3.36. The molecule has 0 atom stereocenters. The van der Waals surface area contributed by atoms with E-state index in [1.807, 2.05) is 0 Å². The lowest BCUT2D eigenvalue weighted by molar-refractivity contribution is 0.103. The van der Waals surface area contributed by atoms with Gasteiger partial charge in [0.15, 0.2) is 11.6 Å². The second-order valence-corrected chi connectivity index (χ2v) is 8.88. The highest BCUT2D eigenvalue weighted by Gasteiger charge is 2.24. The Morgan fingerprint density at radius 3 is 2.34 bits per heavy atom. The van der Waals surface area contributed by atoms with Crippen molar-refractivity contribution in [2.24, 2.45) is 7.05 Å². The molecular weight excluding hydrogens is 436 g/mol. The van der Waals surface area contributed by atoms with Crippen LogP contribution in [0.4, 0.5) is 20.2 Å². The summed E-state index contributed by atoms with van der Waals surface area (Å²) in [5.74, 6) is -1.97. The van der Waals surface area contributed by atoms with Crippen molar-refractivity contribution in [1.29, 1.82) is 0 Å². The summed E-state index contributed by atoms with van der Waals surface area (Å²) in [5, 5.41) is 7.11. The van der Waals surface area contributed by atoms with Gasteiger partial charge in [-0.1, -0.05) is 0 Å². The molecule has 0 aliphatic carbocycles. The third-order valence-corrected chi connectivity index (χ3v) is 6.81. The van der Waals surface area contributed by atoms with Crippen molar-refractivity contribution in [3.8, 4) is 10.6 Å². The van der Waals surface area contributed by atoms with E-state index in [2.05, 4.69) is 15.4 Å². The molecule has 32 heavy (non-hydrogen) atoms. The maximum Gasteiger partial charge on any atom is 0.277 e. The van der Waals surface area contributed by atoms with Crippen LogP contribution in [-0.2, 0) is 7.05 Å². The minimum absolute atomic E-state index is 0.0224. The lowest BCUT2D eigenvalue weighted by Gasteiger charge is -2.19. The quantitative estimate of drug-likeness (QED) is 0.639. The first kappa shape index (κ1) is 22.1. The number of benzene rings is 1. The van der Waals surface area contributed by atoms with E-state index >= 15 is 0 Å². The number of aryl methyl sites for hydroxylation is 3. The molecule has 1 fully saturated rings. The van der Waals surface area contributed by atoms with Crippen molar-refractivity contribution in [3.63, 3.8) is 0 Å². The van der Waals surface area contributed by atoms with Gasteiger partial charge in [-0.05, 0) is 51.3 Å². The van der Waals surface area contributed by atoms with E-state index in [1.54, 1.807) is 32.7 Å². The van der Waals surface area contributed by atoms with Crippen LogP contribution in [0.25, 0.3) is 10.6 Å². The Bertz CT molecular complexity index is 1260. The predicted molar refractivity (Wildman–Crippen MR) is 121 cm³/mol. The minimum atomic E-state index is -0.713. The third kappa shape index (κ3) is 3.90. The number of nitrogens with zero attached hydrogens (tertiary/aromatic N) is 4. The maximum atomic E-state index is 14.6. The summed E-state index contributed by atoms with van der Waals surface area (Å²) in [6, 6.07) is 2.25. The van der Waals surface area contributed by atoms with E-state index in [0.29, 0.717) is 40.6 Å². The number of carbonyl (C=O) groups excluding carboxylic acids is 1. The summed E-state index contributed by atoms with van der Waals surface area (Å²) in [6.07, 6.45) is 1.79. The van der Waals surface area contributed by atoms with E-state index in [9.17, 15) is 18.4 Å². The highest BCUT2D eigenvalue weighted by atomic mass is 32.1. The van der Waals surface area contributed by atoms with Crippen LogP contribution in [0.3, 0.4) is 0 Å². The Hall–Kier alpha value is -3.14. The van der Waals surface area contributed by atoms with Crippen LogP contribution < -0.4 is 15.8 Å². The molecule has 1 aromatic carbocycles. The molecule has 0 saturated carbocycles. The average molecular weight is 460 g/mol. The van der Waals surface area contributed by atoms with E-state index in [0.717, 1.165) is 36.3 Å². The van der Waals surface area contributed by atoms with Gasteiger partial charge in [-0.2, -0.15) is 5.10 Å². The normalized spacial score (nSPS) is 13.6. The Balaban J connectivity index is 1.64. The second kappa shape index (κ2) is 8.42. The van der Waals surface area contributed by atoms with Crippen LogP contribution in [-0.4, -0.2) is 33.8 Å². The number of rotatable bonds is 4. The molecule has 1 aliphatic heterocycles. The van der Waals surface area contributed by atoms with Crippen LogP contribution >= 0.6 is 11.3 Å². The molecule has 1 N–H and O–H groups in total. The van der Waals surface area contributed by atoms with Crippen molar-refractivity contribution in [2.75, 3.05) is 23.3 Å². The molecule has 0 radical (unpaired) electrons. The number of halogens is 2. The smallest absolute Gasteiger partial charge is 0.277 e. The van der Waals surface area contributed by atoms with Gasteiger partial charge >= 0.3 is 0 Å². The number of carbonyl (C=O) groups is 1. The highest BCUT2D eigenvalue weighted by Crippen LogP contribution is 2.32. The van der Waals surface area contributed by atoms with E-state index in [-0.39, 0.29) is 21.8 Å². The molecule has 168 valence electrons. The topological polar surface area (TPSA) is 80.1 Å². The molecular formula is C22H23F2N5O2S. The predicted octanol–water partition coefficient (Wildman–Crippen LogP) is 3.96. The second-order valence-electron chi connectivity index (χ2n) is 7.88. The fourth-order valence-corrected chi connectivity index (χ4v) is 4.94. The summed E-state index contributed by atoms with van der Waals surface area (Å²) >= 11 is 1.06. The molecule has 1 saturated heterocycles. The summed E-state index contributed by atoms with van der Waals surface area (Å²) in [6.45, 7) is 6.44. The van der Waals surface area contributed by atoms with Gasteiger partial charge in [0, 0.05) is 25.8 Å². The largest absolute Gasteiger partial charge is 0.367 e. The van der Waals surface area contributed by atoms with Crippen LogP contribution in [0.1, 0.15) is 39.5 Å². The van der Waals surface area contributed by atoms with E-state index in [4.69, 9.17) is 0 Å². The zero-order chi connectivity index (χ0) is 23.2.